The smallest absolute Gasteiger partial charge is 0.416 e. The van der Waals surface area contributed by atoms with Crippen molar-refractivity contribution in [3.63, 3.8) is 0 Å². The highest BCUT2D eigenvalue weighted by atomic mass is 35.5. The van der Waals surface area contributed by atoms with Gasteiger partial charge >= 0.3 is 6.18 Å². The summed E-state index contributed by atoms with van der Waals surface area (Å²) < 4.78 is 44.9. The van der Waals surface area contributed by atoms with E-state index in [0.29, 0.717) is 15.8 Å². The zero-order chi connectivity index (χ0) is 19.4. The molecular formula is C19H13ClF3NO2S. The Labute approximate surface area is 162 Å². The molecule has 3 rings (SSSR count). The molecule has 0 aliphatic heterocycles. The van der Waals surface area contributed by atoms with Crippen molar-refractivity contribution in [2.75, 3.05) is 0 Å². The van der Waals surface area contributed by atoms with Gasteiger partial charge in [-0.05, 0) is 42.5 Å². The van der Waals surface area contributed by atoms with Gasteiger partial charge in [0.1, 0.15) is 17.3 Å². The summed E-state index contributed by atoms with van der Waals surface area (Å²) in [5, 5.41) is 2.86. The fourth-order valence-electron chi connectivity index (χ4n) is 2.41. The first kappa shape index (κ1) is 19.4. The van der Waals surface area contributed by atoms with Crippen LogP contribution in [0.4, 0.5) is 13.2 Å². The van der Waals surface area contributed by atoms with Crippen molar-refractivity contribution in [3.05, 3.63) is 75.2 Å². The Bertz CT molecular complexity index is 925. The standard InChI is InChI=1S/C19H13ClF3NO2S/c20-14-2-4-16(5-3-14)26-17-6-1-13(19(21,22)23)9-12(17)10-15(25)11-18-24-7-8-27-18/h1-9H,10-11H2. The second-order valence-corrected chi connectivity index (χ2v) is 7.11. The number of halogens is 4. The molecule has 3 nitrogen and oxygen atoms in total. The number of benzene rings is 2. The Morgan fingerprint density at radius 3 is 2.48 bits per heavy atom. The lowest BCUT2D eigenvalue weighted by molar-refractivity contribution is -0.137. The molecule has 0 saturated carbocycles. The van der Waals surface area contributed by atoms with Gasteiger partial charge in [0.15, 0.2) is 0 Å². The van der Waals surface area contributed by atoms with Crippen molar-refractivity contribution in [1.29, 1.82) is 0 Å². The van der Waals surface area contributed by atoms with Crippen LogP contribution in [0.2, 0.25) is 5.02 Å². The monoisotopic (exact) mass is 411 g/mol. The Balaban J connectivity index is 1.87. The Hall–Kier alpha value is -2.38. The number of aromatic nitrogens is 1. The van der Waals surface area contributed by atoms with Crippen LogP contribution in [-0.2, 0) is 23.8 Å². The zero-order valence-electron chi connectivity index (χ0n) is 13.8. The summed E-state index contributed by atoms with van der Waals surface area (Å²) in [6.07, 6.45) is -3.06. The van der Waals surface area contributed by atoms with Gasteiger partial charge in [0.05, 0.1) is 17.0 Å². The van der Waals surface area contributed by atoms with Gasteiger partial charge in [0, 0.05) is 28.6 Å². The van der Waals surface area contributed by atoms with Crippen molar-refractivity contribution >= 4 is 28.7 Å². The third-order valence-electron chi connectivity index (χ3n) is 3.65. The van der Waals surface area contributed by atoms with E-state index in [4.69, 9.17) is 16.3 Å². The Morgan fingerprint density at radius 2 is 1.85 bits per heavy atom. The quantitative estimate of drug-likeness (QED) is 0.502. The molecule has 0 radical (unpaired) electrons. The zero-order valence-corrected chi connectivity index (χ0v) is 15.4. The Kier molecular flexibility index (Phi) is 5.82. The van der Waals surface area contributed by atoms with Gasteiger partial charge in [0.25, 0.3) is 0 Å². The van der Waals surface area contributed by atoms with Gasteiger partial charge in [-0.3, -0.25) is 4.79 Å². The van der Waals surface area contributed by atoms with Crippen molar-refractivity contribution in [2.45, 2.75) is 19.0 Å². The molecule has 27 heavy (non-hydrogen) atoms. The summed E-state index contributed by atoms with van der Waals surface area (Å²) >= 11 is 7.14. The molecule has 0 fully saturated rings. The summed E-state index contributed by atoms with van der Waals surface area (Å²) in [6.45, 7) is 0. The van der Waals surface area contributed by atoms with Crippen LogP contribution in [0.3, 0.4) is 0 Å². The molecule has 0 saturated heterocycles. The highest BCUT2D eigenvalue weighted by Crippen LogP contribution is 2.34. The van der Waals surface area contributed by atoms with Crippen molar-refractivity contribution in [3.8, 4) is 11.5 Å². The molecule has 140 valence electrons. The molecule has 0 N–H and O–H groups in total. The highest BCUT2D eigenvalue weighted by Gasteiger charge is 2.31. The van der Waals surface area contributed by atoms with Crippen molar-refractivity contribution in [1.82, 2.24) is 4.98 Å². The third-order valence-corrected chi connectivity index (χ3v) is 4.68. The van der Waals surface area contributed by atoms with Crippen LogP contribution in [-0.4, -0.2) is 10.8 Å². The summed E-state index contributed by atoms with van der Waals surface area (Å²) in [5.41, 5.74) is -0.663. The van der Waals surface area contributed by atoms with Gasteiger partial charge in [-0.15, -0.1) is 11.3 Å². The molecule has 2 aromatic carbocycles. The lowest BCUT2D eigenvalue weighted by atomic mass is 10.0. The SMILES string of the molecule is O=C(Cc1nccs1)Cc1cc(C(F)(F)F)ccc1Oc1ccc(Cl)cc1. The Morgan fingerprint density at radius 1 is 1.11 bits per heavy atom. The number of carbonyl (C=O) groups is 1. The van der Waals surface area contributed by atoms with Gasteiger partial charge in [-0.25, -0.2) is 4.98 Å². The van der Waals surface area contributed by atoms with Crippen molar-refractivity contribution in [2.24, 2.45) is 0 Å². The average Bonchev–Trinajstić information content (AvgIpc) is 3.10. The van der Waals surface area contributed by atoms with Gasteiger partial charge in [-0.1, -0.05) is 11.6 Å². The molecule has 1 aromatic heterocycles. The maximum atomic E-state index is 13.1. The largest absolute Gasteiger partial charge is 0.457 e. The molecule has 0 amide bonds. The summed E-state index contributed by atoms with van der Waals surface area (Å²) in [5.74, 6) is 0.357. The van der Waals surface area contributed by atoms with Crippen LogP contribution in [0.1, 0.15) is 16.1 Å². The van der Waals surface area contributed by atoms with Crippen LogP contribution in [0.25, 0.3) is 0 Å². The molecule has 8 heteroatoms. The van der Waals surface area contributed by atoms with E-state index in [1.54, 1.807) is 35.8 Å². The minimum absolute atomic E-state index is 0.0638. The third kappa shape index (κ3) is 5.30. The highest BCUT2D eigenvalue weighted by molar-refractivity contribution is 7.09. The summed E-state index contributed by atoms with van der Waals surface area (Å²) in [7, 11) is 0. The van der Waals surface area contributed by atoms with Crippen LogP contribution >= 0.6 is 22.9 Å². The minimum atomic E-state index is -4.51. The van der Waals surface area contributed by atoms with E-state index < -0.39 is 11.7 Å². The molecule has 0 unspecified atom stereocenters. The molecule has 0 atom stereocenters. The number of hydrogen-bond acceptors (Lipinski definition) is 4. The fraction of sp³-hybridized carbons (Fsp3) is 0.158. The number of thiazole rings is 1. The van der Waals surface area contributed by atoms with Crippen LogP contribution in [0.5, 0.6) is 11.5 Å². The van der Waals surface area contributed by atoms with E-state index in [2.05, 4.69) is 4.98 Å². The van der Waals surface area contributed by atoms with Gasteiger partial charge in [0.2, 0.25) is 0 Å². The van der Waals surface area contributed by atoms with E-state index in [0.717, 1.165) is 12.1 Å². The maximum absolute atomic E-state index is 13.1. The lowest BCUT2D eigenvalue weighted by Gasteiger charge is -2.14. The van der Waals surface area contributed by atoms with Crippen LogP contribution < -0.4 is 4.74 Å². The molecular weight excluding hydrogens is 399 g/mol. The lowest BCUT2D eigenvalue weighted by Crippen LogP contribution is -2.10. The first-order valence-corrected chi connectivity index (χ1v) is 9.10. The van der Waals surface area contributed by atoms with Gasteiger partial charge < -0.3 is 4.74 Å². The molecule has 1 heterocycles. The topological polar surface area (TPSA) is 39.2 Å². The van der Waals surface area contributed by atoms with E-state index in [-0.39, 0.29) is 29.9 Å². The molecule has 0 spiro atoms. The number of nitrogens with zero attached hydrogens (tertiary/aromatic N) is 1. The van der Waals surface area contributed by atoms with Crippen LogP contribution in [0.15, 0.2) is 54.0 Å². The number of alkyl halides is 3. The first-order valence-electron chi connectivity index (χ1n) is 7.85. The number of Topliss-reactive ketones (excluding diaryl/α,β-unsaturated/α-hetero) is 1. The predicted octanol–water partition coefficient (Wildman–Crippen LogP) is 5.96. The van der Waals surface area contributed by atoms with E-state index in [9.17, 15) is 18.0 Å². The number of ether oxygens (including phenoxy) is 1. The van der Waals surface area contributed by atoms with E-state index in [1.807, 2.05) is 0 Å². The molecule has 0 aliphatic rings. The fourth-order valence-corrected chi connectivity index (χ4v) is 3.18. The number of ketones is 1. The average molecular weight is 412 g/mol. The van der Waals surface area contributed by atoms with Crippen molar-refractivity contribution < 1.29 is 22.7 Å². The van der Waals surface area contributed by atoms with E-state index in [1.165, 1.54) is 17.4 Å². The number of hydrogen-bond donors (Lipinski definition) is 0. The molecule has 3 aromatic rings. The maximum Gasteiger partial charge on any atom is 0.416 e. The second-order valence-electron chi connectivity index (χ2n) is 5.69. The minimum Gasteiger partial charge on any atom is -0.457 e. The second kappa shape index (κ2) is 8.10. The molecule has 0 aliphatic carbocycles. The summed E-state index contributed by atoms with van der Waals surface area (Å²) in [4.78, 5) is 16.3. The van der Waals surface area contributed by atoms with E-state index >= 15 is 0 Å². The van der Waals surface area contributed by atoms with Gasteiger partial charge in [-0.2, -0.15) is 13.2 Å². The first-order chi connectivity index (χ1) is 12.8. The normalized spacial score (nSPS) is 11.4. The number of rotatable bonds is 6. The number of carbonyl (C=O) groups excluding carboxylic acids is 1. The predicted molar refractivity (Wildman–Crippen MR) is 97.5 cm³/mol. The molecule has 0 bridgehead atoms. The summed E-state index contributed by atoms with van der Waals surface area (Å²) in [6, 6.07) is 9.51. The van der Waals surface area contributed by atoms with Crippen LogP contribution in [0, 0.1) is 0 Å².